The Labute approximate surface area is 121 Å². The number of sulfonamides is 1. The first-order chi connectivity index (χ1) is 9.35. The van der Waals surface area contributed by atoms with Crippen LogP contribution in [0.3, 0.4) is 0 Å². The van der Waals surface area contributed by atoms with Crippen LogP contribution in [0.25, 0.3) is 0 Å². The molecule has 108 valence electrons. The number of H-pyrrole nitrogens is 1. The summed E-state index contributed by atoms with van der Waals surface area (Å²) in [6.45, 7) is 4.27. The van der Waals surface area contributed by atoms with Crippen molar-refractivity contribution < 1.29 is 8.42 Å². The highest BCUT2D eigenvalue weighted by atomic mass is 32.2. The Morgan fingerprint density at radius 3 is 2.85 bits per heavy atom. The largest absolute Gasteiger partial charge is 0.389 e. The van der Waals surface area contributed by atoms with Gasteiger partial charge in [-0.1, -0.05) is 12.2 Å². The van der Waals surface area contributed by atoms with Gasteiger partial charge in [-0.3, -0.25) is 9.82 Å². The Morgan fingerprint density at radius 2 is 2.30 bits per heavy atom. The van der Waals surface area contributed by atoms with E-state index in [2.05, 4.69) is 19.9 Å². The van der Waals surface area contributed by atoms with Crippen molar-refractivity contribution in [3.8, 4) is 0 Å². The van der Waals surface area contributed by atoms with E-state index in [1.54, 1.807) is 11.5 Å². The van der Waals surface area contributed by atoms with Crippen LogP contribution in [0.5, 0.6) is 0 Å². The van der Waals surface area contributed by atoms with Gasteiger partial charge in [0.25, 0.3) is 10.0 Å². The lowest BCUT2D eigenvalue weighted by Crippen LogP contribution is -2.17. The van der Waals surface area contributed by atoms with Crippen LogP contribution in [0, 0.1) is 6.92 Å². The third kappa shape index (κ3) is 2.65. The van der Waals surface area contributed by atoms with Crippen molar-refractivity contribution in [2.75, 3.05) is 4.72 Å². The van der Waals surface area contributed by atoms with Crippen LogP contribution in [-0.2, 0) is 16.6 Å². The first-order valence-corrected chi connectivity index (χ1v) is 7.64. The molecule has 0 amide bonds. The van der Waals surface area contributed by atoms with Crippen molar-refractivity contribution in [3.63, 3.8) is 0 Å². The number of rotatable bonds is 5. The zero-order valence-electron chi connectivity index (χ0n) is 10.9. The monoisotopic (exact) mass is 314 g/mol. The van der Waals surface area contributed by atoms with E-state index in [1.165, 1.54) is 12.4 Å². The molecule has 0 unspecified atom stereocenters. The fourth-order valence-corrected chi connectivity index (χ4v) is 2.87. The summed E-state index contributed by atoms with van der Waals surface area (Å²) in [6, 6.07) is 0. The fourth-order valence-electron chi connectivity index (χ4n) is 1.67. The van der Waals surface area contributed by atoms with Crippen LogP contribution in [-0.4, -0.2) is 33.2 Å². The van der Waals surface area contributed by atoms with Gasteiger partial charge in [0.15, 0.2) is 5.03 Å². The van der Waals surface area contributed by atoms with Gasteiger partial charge in [0, 0.05) is 12.7 Å². The smallest absolute Gasteiger partial charge is 0.282 e. The van der Waals surface area contributed by atoms with E-state index in [9.17, 15) is 8.42 Å². The van der Waals surface area contributed by atoms with Gasteiger partial charge in [-0.25, -0.2) is 4.98 Å². The minimum atomic E-state index is -3.82. The van der Waals surface area contributed by atoms with Gasteiger partial charge in [-0.05, 0) is 13.8 Å². The first kappa shape index (κ1) is 14.5. The Balaban J connectivity index is 2.35. The minimum Gasteiger partial charge on any atom is -0.389 e. The van der Waals surface area contributed by atoms with Crippen molar-refractivity contribution in [3.05, 3.63) is 23.8 Å². The van der Waals surface area contributed by atoms with E-state index in [0.29, 0.717) is 17.9 Å². The number of aryl methyl sites for hydroxylation is 2. The maximum absolute atomic E-state index is 12.2. The number of aromatic amines is 1. The van der Waals surface area contributed by atoms with Gasteiger partial charge in [0.1, 0.15) is 16.6 Å². The van der Waals surface area contributed by atoms with Crippen LogP contribution < -0.4 is 10.5 Å². The molecule has 8 nitrogen and oxygen atoms in total. The molecule has 2 rings (SSSR count). The number of hydrogen-bond donors (Lipinski definition) is 3. The maximum atomic E-state index is 12.2. The SMILES string of the molecule is CCn1cc(S(=O)(=O)Nc2[nH]ncc2C(N)=S)nc1C. The van der Waals surface area contributed by atoms with E-state index < -0.39 is 10.0 Å². The van der Waals surface area contributed by atoms with Gasteiger partial charge >= 0.3 is 0 Å². The van der Waals surface area contributed by atoms with Gasteiger partial charge in [0.05, 0.1) is 11.8 Å². The molecule has 4 N–H and O–H groups in total. The number of nitrogens with one attached hydrogen (secondary N) is 2. The summed E-state index contributed by atoms with van der Waals surface area (Å²) in [5.74, 6) is 0.744. The Morgan fingerprint density at radius 1 is 1.60 bits per heavy atom. The predicted molar refractivity (Wildman–Crippen MR) is 77.9 cm³/mol. The average molecular weight is 314 g/mol. The molecular formula is C10H14N6O2S2. The van der Waals surface area contributed by atoms with Crippen LogP contribution in [0.1, 0.15) is 18.3 Å². The Kier molecular flexibility index (Phi) is 3.77. The quantitative estimate of drug-likeness (QED) is 0.686. The van der Waals surface area contributed by atoms with Crippen molar-refractivity contribution in [2.45, 2.75) is 25.4 Å². The third-order valence-electron chi connectivity index (χ3n) is 2.71. The molecule has 0 aliphatic heterocycles. The summed E-state index contributed by atoms with van der Waals surface area (Å²) < 4.78 is 28.5. The second-order valence-electron chi connectivity index (χ2n) is 4.04. The molecular weight excluding hydrogens is 300 g/mol. The number of nitrogens with zero attached hydrogens (tertiary/aromatic N) is 3. The molecule has 0 spiro atoms. The van der Waals surface area contributed by atoms with Crippen LogP contribution in [0.2, 0.25) is 0 Å². The number of nitrogens with two attached hydrogens (primary N) is 1. The van der Waals surface area contributed by atoms with Gasteiger partial charge in [-0.15, -0.1) is 0 Å². The summed E-state index contributed by atoms with van der Waals surface area (Å²) >= 11 is 4.82. The lowest BCUT2D eigenvalue weighted by Gasteiger charge is -2.05. The standard InChI is InChI=1S/C10H14N6O2S2/c1-3-16-5-8(13-6(16)2)20(17,18)15-10-7(9(11)19)4-12-14-10/h4-5H,3H2,1-2H3,(H2,11,19)(H2,12,14,15). The van der Waals surface area contributed by atoms with E-state index in [4.69, 9.17) is 18.0 Å². The highest BCUT2D eigenvalue weighted by Gasteiger charge is 2.21. The van der Waals surface area contributed by atoms with Gasteiger partial charge in [0.2, 0.25) is 0 Å². The molecule has 0 atom stereocenters. The van der Waals surface area contributed by atoms with E-state index in [-0.39, 0.29) is 15.8 Å². The Hall–Kier alpha value is -1.94. The fraction of sp³-hybridized carbons (Fsp3) is 0.300. The molecule has 0 fully saturated rings. The number of thiocarbonyl (C=S) groups is 1. The van der Waals surface area contributed by atoms with E-state index >= 15 is 0 Å². The summed E-state index contributed by atoms with van der Waals surface area (Å²) in [6.07, 6.45) is 2.82. The van der Waals surface area contributed by atoms with Gasteiger partial charge in [-0.2, -0.15) is 13.5 Å². The number of hydrogen-bond acceptors (Lipinski definition) is 5. The number of aromatic nitrogens is 4. The number of imidazole rings is 1. The molecule has 2 aromatic heterocycles. The Bertz CT molecular complexity index is 746. The molecule has 0 bridgehead atoms. The second-order valence-corrected chi connectivity index (χ2v) is 6.11. The summed E-state index contributed by atoms with van der Waals surface area (Å²) in [5, 5.41) is 6.15. The van der Waals surface area contributed by atoms with Crippen molar-refractivity contribution in [2.24, 2.45) is 5.73 Å². The summed E-state index contributed by atoms with van der Waals surface area (Å²) in [7, 11) is -3.82. The third-order valence-corrected chi connectivity index (χ3v) is 4.15. The molecule has 0 aliphatic rings. The average Bonchev–Trinajstić information content (AvgIpc) is 2.95. The molecule has 0 aliphatic carbocycles. The van der Waals surface area contributed by atoms with Gasteiger partial charge < -0.3 is 10.3 Å². The van der Waals surface area contributed by atoms with Crippen LogP contribution >= 0.6 is 12.2 Å². The molecule has 10 heteroatoms. The zero-order chi connectivity index (χ0) is 14.9. The highest BCUT2D eigenvalue weighted by molar-refractivity contribution is 7.92. The highest BCUT2D eigenvalue weighted by Crippen LogP contribution is 2.17. The first-order valence-electron chi connectivity index (χ1n) is 5.75. The maximum Gasteiger partial charge on any atom is 0.282 e. The topological polar surface area (TPSA) is 119 Å². The normalized spacial score (nSPS) is 11.5. The molecule has 2 aromatic rings. The second kappa shape index (κ2) is 5.21. The number of anilines is 1. The summed E-state index contributed by atoms with van der Waals surface area (Å²) in [4.78, 5) is 4.07. The van der Waals surface area contributed by atoms with Crippen molar-refractivity contribution in [1.82, 2.24) is 19.7 Å². The lowest BCUT2D eigenvalue weighted by atomic mass is 10.3. The zero-order valence-corrected chi connectivity index (χ0v) is 12.5. The minimum absolute atomic E-state index is 0.0479. The van der Waals surface area contributed by atoms with Crippen LogP contribution in [0.4, 0.5) is 5.82 Å². The van der Waals surface area contributed by atoms with Crippen molar-refractivity contribution >= 4 is 33.0 Å². The molecule has 20 heavy (non-hydrogen) atoms. The molecule has 2 heterocycles. The van der Waals surface area contributed by atoms with E-state index in [0.717, 1.165) is 0 Å². The molecule has 0 saturated heterocycles. The predicted octanol–water partition coefficient (Wildman–Crippen LogP) is 0.370. The van der Waals surface area contributed by atoms with E-state index in [1.807, 2.05) is 6.92 Å². The molecule has 0 saturated carbocycles. The van der Waals surface area contributed by atoms with Crippen LogP contribution in [0.15, 0.2) is 17.4 Å². The van der Waals surface area contributed by atoms with Crippen molar-refractivity contribution in [1.29, 1.82) is 0 Å². The lowest BCUT2D eigenvalue weighted by molar-refractivity contribution is 0.597. The molecule has 0 aromatic carbocycles. The molecule has 0 radical (unpaired) electrons. The summed E-state index contributed by atoms with van der Waals surface area (Å²) in [5.41, 5.74) is 5.81.